The lowest BCUT2D eigenvalue weighted by molar-refractivity contribution is 0.309. The molecule has 0 unspecified atom stereocenters. The maximum Gasteiger partial charge on any atom is 0.253 e. The quantitative estimate of drug-likeness (QED) is 0.482. The average molecular weight is 412 g/mol. The number of rotatable bonds is 10. The zero-order valence-electron chi connectivity index (χ0n) is 17.8. The second-order valence-corrected chi connectivity index (χ2v) is 6.81. The Morgan fingerprint density at radius 1 is 0.967 bits per heavy atom. The second kappa shape index (κ2) is 9.91. The SMILES string of the molecule is CCCCOc1ccc(NCc2cc3c(OC)c(OC)c(OC)cc3[nH]c2=O)cc1. The highest BCUT2D eigenvalue weighted by Gasteiger charge is 2.17. The van der Waals surface area contributed by atoms with Gasteiger partial charge < -0.3 is 29.2 Å². The van der Waals surface area contributed by atoms with Crippen LogP contribution in [-0.2, 0) is 6.54 Å². The number of ether oxygens (including phenoxy) is 4. The van der Waals surface area contributed by atoms with Crippen LogP contribution in [0.25, 0.3) is 10.9 Å². The van der Waals surface area contributed by atoms with Crippen molar-refractivity contribution in [3.63, 3.8) is 0 Å². The van der Waals surface area contributed by atoms with E-state index < -0.39 is 0 Å². The molecule has 0 bridgehead atoms. The number of H-pyrrole nitrogens is 1. The first kappa shape index (κ1) is 21.4. The van der Waals surface area contributed by atoms with Crippen molar-refractivity contribution in [2.75, 3.05) is 33.3 Å². The average Bonchev–Trinajstić information content (AvgIpc) is 2.77. The third kappa shape index (κ3) is 4.62. The zero-order chi connectivity index (χ0) is 21.5. The van der Waals surface area contributed by atoms with E-state index in [0.717, 1.165) is 29.7 Å². The van der Waals surface area contributed by atoms with Crippen LogP contribution in [-0.4, -0.2) is 32.9 Å². The standard InChI is InChI=1S/C23H28N2O5/c1-5-6-11-30-17-9-7-16(8-10-17)24-14-15-12-18-19(25-23(15)26)13-20(27-2)22(29-4)21(18)28-3/h7-10,12-13,24H,5-6,11,14H2,1-4H3,(H,25,26). The Bertz CT molecular complexity index is 1040. The van der Waals surface area contributed by atoms with Gasteiger partial charge in [0.15, 0.2) is 11.5 Å². The number of hydrogen-bond donors (Lipinski definition) is 2. The van der Waals surface area contributed by atoms with Crippen molar-refractivity contribution in [2.45, 2.75) is 26.3 Å². The molecule has 0 saturated heterocycles. The van der Waals surface area contributed by atoms with E-state index in [1.165, 1.54) is 0 Å². The molecule has 0 aliphatic heterocycles. The Morgan fingerprint density at radius 3 is 2.33 bits per heavy atom. The van der Waals surface area contributed by atoms with E-state index >= 15 is 0 Å². The van der Waals surface area contributed by atoms with Gasteiger partial charge in [0.25, 0.3) is 5.56 Å². The summed E-state index contributed by atoms with van der Waals surface area (Å²) >= 11 is 0. The minimum Gasteiger partial charge on any atom is -0.494 e. The number of aromatic nitrogens is 1. The minimum atomic E-state index is -0.177. The Morgan fingerprint density at radius 2 is 1.70 bits per heavy atom. The first-order valence-electron chi connectivity index (χ1n) is 9.92. The summed E-state index contributed by atoms with van der Waals surface area (Å²) in [6, 6.07) is 11.2. The van der Waals surface area contributed by atoms with Crippen molar-refractivity contribution < 1.29 is 18.9 Å². The van der Waals surface area contributed by atoms with Crippen LogP contribution in [0.5, 0.6) is 23.0 Å². The van der Waals surface area contributed by atoms with Crippen molar-refractivity contribution in [2.24, 2.45) is 0 Å². The Labute approximate surface area is 175 Å². The molecule has 30 heavy (non-hydrogen) atoms. The molecule has 0 saturated carbocycles. The summed E-state index contributed by atoms with van der Waals surface area (Å²) in [5, 5.41) is 4.02. The number of fused-ring (bicyclic) bond motifs is 1. The Kier molecular flexibility index (Phi) is 7.06. The van der Waals surface area contributed by atoms with Crippen LogP contribution in [0.15, 0.2) is 41.2 Å². The van der Waals surface area contributed by atoms with Crippen LogP contribution in [0.1, 0.15) is 25.3 Å². The number of anilines is 1. The molecule has 1 aromatic heterocycles. The lowest BCUT2D eigenvalue weighted by atomic mass is 10.1. The van der Waals surface area contributed by atoms with Crippen LogP contribution in [0, 0.1) is 0 Å². The van der Waals surface area contributed by atoms with Crippen LogP contribution in [0.3, 0.4) is 0 Å². The normalized spacial score (nSPS) is 10.7. The molecule has 0 aliphatic rings. The van der Waals surface area contributed by atoms with E-state index in [2.05, 4.69) is 17.2 Å². The van der Waals surface area contributed by atoms with E-state index in [-0.39, 0.29) is 5.56 Å². The summed E-state index contributed by atoms with van der Waals surface area (Å²) in [7, 11) is 4.65. The molecule has 7 heteroatoms. The number of unbranched alkanes of at least 4 members (excludes halogenated alkanes) is 1. The summed E-state index contributed by atoms with van der Waals surface area (Å²) < 4.78 is 22.0. The number of methoxy groups -OCH3 is 3. The van der Waals surface area contributed by atoms with Gasteiger partial charge in [-0.1, -0.05) is 13.3 Å². The number of pyridine rings is 1. The first-order chi connectivity index (χ1) is 14.6. The summed E-state index contributed by atoms with van der Waals surface area (Å²) in [5.41, 5.74) is 1.92. The third-order valence-corrected chi connectivity index (χ3v) is 4.83. The van der Waals surface area contributed by atoms with Gasteiger partial charge >= 0.3 is 0 Å². The van der Waals surface area contributed by atoms with Gasteiger partial charge in [-0.05, 0) is 36.8 Å². The van der Waals surface area contributed by atoms with Crippen molar-refractivity contribution >= 4 is 16.6 Å². The molecule has 2 N–H and O–H groups in total. The highest BCUT2D eigenvalue weighted by Crippen LogP contribution is 2.42. The van der Waals surface area contributed by atoms with Gasteiger partial charge in [0.1, 0.15) is 5.75 Å². The molecule has 1 heterocycles. The third-order valence-electron chi connectivity index (χ3n) is 4.83. The molecule has 0 aliphatic carbocycles. The number of nitrogens with one attached hydrogen (secondary N) is 2. The van der Waals surface area contributed by atoms with Gasteiger partial charge in [-0.15, -0.1) is 0 Å². The molecule has 160 valence electrons. The van der Waals surface area contributed by atoms with Gasteiger partial charge in [0.2, 0.25) is 5.75 Å². The topological polar surface area (TPSA) is 81.8 Å². The van der Waals surface area contributed by atoms with E-state index in [0.29, 0.717) is 41.5 Å². The van der Waals surface area contributed by atoms with Crippen LogP contribution in [0.4, 0.5) is 5.69 Å². The molecule has 3 aromatic rings. The molecule has 0 amide bonds. The molecule has 0 spiro atoms. The van der Waals surface area contributed by atoms with Crippen molar-refractivity contribution in [1.82, 2.24) is 4.98 Å². The van der Waals surface area contributed by atoms with Gasteiger partial charge in [-0.2, -0.15) is 0 Å². The summed E-state index contributed by atoms with van der Waals surface area (Å²) in [5.74, 6) is 2.32. The molecule has 2 aromatic carbocycles. The Hall–Kier alpha value is -3.35. The van der Waals surface area contributed by atoms with E-state index in [1.54, 1.807) is 27.4 Å². The number of hydrogen-bond acceptors (Lipinski definition) is 6. The molecule has 0 atom stereocenters. The van der Waals surface area contributed by atoms with Gasteiger partial charge in [0, 0.05) is 29.2 Å². The first-order valence-corrected chi connectivity index (χ1v) is 9.92. The van der Waals surface area contributed by atoms with E-state index in [1.807, 2.05) is 30.3 Å². The predicted molar refractivity (Wildman–Crippen MR) is 118 cm³/mol. The summed E-state index contributed by atoms with van der Waals surface area (Å²) in [6.45, 7) is 3.21. The van der Waals surface area contributed by atoms with Gasteiger partial charge in [-0.3, -0.25) is 4.79 Å². The largest absolute Gasteiger partial charge is 0.494 e. The fraction of sp³-hybridized carbons (Fsp3) is 0.348. The second-order valence-electron chi connectivity index (χ2n) is 6.81. The summed E-state index contributed by atoms with van der Waals surface area (Å²) in [4.78, 5) is 15.5. The van der Waals surface area contributed by atoms with Gasteiger partial charge in [0.05, 0.1) is 33.5 Å². The van der Waals surface area contributed by atoms with Crippen LogP contribution in [0.2, 0.25) is 0 Å². The smallest absolute Gasteiger partial charge is 0.253 e. The highest BCUT2D eigenvalue weighted by molar-refractivity contribution is 5.90. The lowest BCUT2D eigenvalue weighted by Crippen LogP contribution is -2.16. The Balaban J connectivity index is 1.82. The molecule has 0 fully saturated rings. The number of aromatic amines is 1. The van der Waals surface area contributed by atoms with Crippen molar-refractivity contribution in [3.05, 3.63) is 52.3 Å². The van der Waals surface area contributed by atoms with Crippen LogP contribution < -0.4 is 29.8 Å². The number of benzene rings is 2. The van der Waals surface area contributed by atoms with Crippen molar-refractivity contribution in [3.8, 4) is 23.0 Å². The summed E-state index contributed by atoms with van der Waals surface area (Å²) in [6.07, 6.45) is 2.13. The molecule has 0 radical (unpaired) electrons. The molecule has 3 rings (SSSR count). The molecule has 7 nitrogen and oxygen atoms in total. The van der Waals surface area contributed by atoms with Crippen molar-refractivity contribution in [1.29, 1.82) is 0 Å². The van der Waals surface area contributed by atoms with E-state index in [9.17, 15) is 4.79 Å². The lowest BCUT2D eigenvalue weighted by Gasteiger charge is -2.15. The van der Waals surface area contributed by atoms with Crippen LogP contribution >= 0.6 is 0 Å². The fourth-order valence-corrected chi connectivity index (χ4v) is 3.20. The van der Waals surface area contributed by atoms with Gasteiger partial charge in [-0.25, -0.2) is 0 Å². The molecular weight excluding hydrogens is 384 g/mol. The maximum absolute atomic E-state index is 12.6. The minimum absolute atomic E-state index is 0.177. The predicted octanol–water partition coefficient (Wildman–Crippen LogP) is 4.34. The fourth-order valence-electron chi connectivity index (χ4n) is 3.20. The molecular formula is C23H28N2O5. The highest BCUT2D eigenvalue weighted by atomic mass is 16.5. The van der Waals surface area contributed by atoms with E-state index in [4.69, 9.17) is 18.9 Å². The zero-order valence-corrected chi connectivity index (χ0v) is 17.8. The maximum atomic E-state index is 12.6. The monoisotopic (exact) mass is 412 g/mol.